The predicted molar refractivity (Wildman–Crippen MR) is 36.3 cm³/mol. The average molecular weight is 151 g/mol. The van der Waals surface area contributed by atoms with Crippen molar-refractivity contribution >= 4 is 5.97 Å². The molecule has 0 aliphatic rings. The van der Waals surface area contributed by atoms with Crippen LogP contribution in [0.25, 0.3) is 0 Å². The van der Waals surface area contributed by atoms with Crippen molar-refractivity contribution in [2.75, 3.05) is 0 Å². The molecule has 0 bridgehead atoms. The molecule has 0 atom stereocenters. The van der Waals surface area contributed by atoms with Gasteiger partial charge in [-0.15, -0.1) is 0 Å². The summed E-state index contributed by atoms with van der Waals surface area (Å²) in [7, 11) is 1.85. The van der Waals surface area contributed by atoms with E-state index in [1.54, 1.807) is 22.9 Å². The molecule has 3 nitrogen and oxygen atoms in total. The Labute approximate surface area is 64.9 Å². The summed E-state index contributed by atoms with van der Waals surface area (Å²) in [6.07, 6.45) is 3.59. The summed E-state index contributed by atoms with van der Waals surface area (Å²) in [4.78, 5) is 10.2. The molecular weight excluding hydrogens is 142 g/mol. The largest absolute Gasteiger partial charge is 0.550 e. The van der Waals surface area contributed by atoms with Gasteiger partial charge < -0.3 is 9.90 Å². The standard InChI is InChI=1S/C8H9NO2/c1-9-4-2-3-7(6-9)5-8(10)11/h2-4,6H,5H2,1H3. The first-order valence-corrected chi connectivity index (χ1v) is 3.32. The Morgan fingerprint density at radius 1 is 1.73 bits per heavy atom. The van der Waals surface area contributed by atoms with Gasteiger partial charge in [0.2, 0.25) is 0 Å². The van der Waals surface area contributed by atoms with Crippen LogP contribution in [-0.4, -0.2) is 5.97 Å². The van der Waals surface area contributed by atoms with Crippen LogP contribution < -0.4 is 9.67 Å². The van der Waals surface area contributed by atoms with Gasteiger partial charge in [-0.25, -0.2) is 4.57 Å². The lowest BCUT2D eigenvalue weighted by atomic mass is 10.2. The number of carbonyl (C=O) groups excluding carboxylic acids is 1. The monoisotopic (exact) mass is 151 g/mol. The van der Waals surface area contributed by atoms with Crippen molar-refractivity contribution in [3.63, 3.8) is 0 Å². The summed E-state index contributed by atoms with van der Waals surface area (Å²) in [5.41, 5.74) is 0.759. The van der Waals surface area contributed by atoms with E-state index in [9.17, 15) is 9.90 Å². The van der Waals surface area contributed by atoms with Crippen molar-refractivity contribution in [2.24, 2.45) is 7.05 Å². The zero-order valence-corrected chi connectivity index (χ0v) is 6.28. The number of carboxylic acid groups (broad SMARTS) is 1. The predicted octanol–water partition coefficient (Wildman–Crippen LogP) is -1.20. The fraction of sp³-hybridized carbons (Fsp3) is 0.250. The molecule has 1 aromatic rings. The lowest BCUT2D eigenvalue weighted by molar-refractivity contribution is -0.671. The molecule has 0 aliphatic carbocycles. The quantitative estimate of drug-likeness (QED) is 0.498. The van der Waals surface area contributed by atoms with Crippen LogP contribution in [-0.2, 0) is 18.3 Å². The number of hydrogen-bond acceptors (Lipinski definition) is 2. The molecule has 0 unspecified atom stereocenters. The van der Waals surface area contributed by atoms with Crippen molar-refractivity contribution in [1.29, 1.82) is 0 Å². The van der Waals surface area contributed by atoms with Crippen LogP contribution in [0.5, 0.6) is 0 Å². The Morgan fingerprint density at radius 2 is 2.45 bits per heavy atom. The number of nitrogens with zero attached hydrogens (tertiary/aromatic N) is 1. The summed E-state index contributed by atoms with van der Waals surface area (Å²) >= 11 is 0. The third kappa shape index (κ3) is 2.37. The van der Waals surface area contributed by atoms with E-state index >= 15 is 0 Å². The van der Waals surface area contributed by atoms with Gasteiger partial charge in [0, 0.05) is 24.0 Å². The highest BCUT2D eigenvalue weighted by Gasteiger charge is 1.96. The highest BCUT2D eigenvalue weighted by molar-refractivity contribution is 5.67. The van der Waals surface area contributed by atoms with E-state index in [0.29, 0.717) is 0 Å². The van der Waals surface area contributed by atoms with Gasteiger partial charge in [-0.05, 0) is 6.07 Å². The number of pyridine rings is 1. The first kappa shape index (κ1) is 7.72. The molecule has 0 aromatic carbocycles. The van der Waals surface area contributed by atoms with Crippen molar-refractivity contribution in [3.8, 4) is 0 Å². The first-order valence-electron chi connectivity index (χ1n) is 3.32. The Kier molecular flexibility index (Phi) is 2.21. The van der Waals surface area contributed by atoms with E-state index in [2.05, 4.69) is 0 Å². The molecule has 0 amide bonds. The summed E-state index contributed by atoms with van der Waals surface area (Å²) in [6.45, 7) is 0. The minimum absolute atomic E-state index is 0.0192. The molecule has 0 saturated carbocycles. The number of carboxylic acids is 1. The number of carbonyl (C=O) groups is 1. The highest BCUT2D eigenvalue weighted by atomic mass is 16.4. The number of aliphatic carboxylic acids is 1. The fourth-order valence-corrected chi connectivity index (χ4v) is 0.921. The van der Waals surface area contributed by atoms with Gasteiger partial charge in [-0.1, -0.05) is 0 Å². The van der Waals surface area contributed by atoms with E-state index in [0.717, 1.165) is 5.56 Å². The molecule has 0 saturated heterocycles. The van der Waals surface area contributed by atoms with Gasteiger partial charge in [-0.2, -0.15) is 0 Å². The van der Waals surface area contributed by atoms with Crippen LogP contribution in [0.3, 0.4) is 0 Å². The Hall–Kier alpha value is -1.38. The maximum absolute atomic E-state index is 10.2. The van der Waals surface area contributed by atoms with Crippen LogP contribution in [0.15, 0.2) is 24.5 Å². The van der Waals surface area contributed by atoms with Crippen molar-refractivity contribution < 1.29 is 14.5 Å². The molecule has 0 N–H and O–H groups in total. The van der Waals surface area contributed by atoms with Crippen LogP contribution in [0.2, 0.25) is 0 Å². The molecule has 0 fully saturated rings. The van der Waals surface area contributed by atoms with Gasteiger partial charge in [0.25, 0.3) is 0 Å². The number of aryl methyl sites for hydroxylation is 1. The van der Waals surface area contributed by atoms with Crippen molar-refractivity contribution in [2.45, 2.75) is 6.42 Å². The molecule has 1 rings (SSSR count). The third-order valence-corrected chi connectivity index (χ3v) is 1.35. The molecule has 0 aliphatic heterocycles. The number of rotatable bonds is 2. The van der Waals surface area contributed by atoms with Crippen LogP contribution in [0.4, 0.5) is 0 Å². The summed E-state index contributed by atoms with van der Waals surface area (Å²) < 4.78 is 1.80. The minimum Gasteiger partial charge on any atom is -0.550 e. The maximum Gasteiger partial charge on any atom is 0.172 e. The highest BCUT2D eigenvalue weighted by Crippen LogP contribution is 1.93. The van der Waals surface area contributed by atoms with E-state index < -0.39 is 5.97 Å². The lowest BCUT2D eigenvalue weighted by Crippen LogP contribution is -2.29. The summed E-state index contributed by atoms with van der Waals surface area (Å²) in [5.74, 6) is -1.05. The molecule has 1 aromatic heterocycles. The molecule has 11 heavy (non-hydrogen) atoms. The molecule has 0 spiro atoms. The Balaban J connectivity index is 2.79. The second-order valence-corrected chi connectivity index (χ2v) is 2.43. The Morgan fingerprint density at radius 3 is 3.00 bits per heavy atom. The zero-order chi connectivity index (χ0) is 8.27. The number of aromatic nitrogens is 1. The third-order valence-electron chi connectivity index (χ3n) is 1.35. The Bertz CT molecular complexity index is 271. The van der Waals surface area contributed by atoms with E-state index in [-0.39, 0.29) is 6.42 Å². The van der Waals surface area contributed by atoms with E-state index in [1.165, 1.54) is 0 Å². The van der Waals surface area contributed by atoms with Crippen molar-refractivity contribution in [1.82, 2.24) is 0 Å². The number of hydrogen-bond donors (Lipinski definition) is 0. The van der Waals surface area contributed by atoms with E-state index in [1.807, 2.05) is 13.2 Å². The van der Waals surface area contributed by atoms with Gasteiger partial charge in [0.05, 0.1) is 0 Å². The lowest BCUT2D eigenvalue weighted by Gasteiger charge is -1.98. The molecule has 0 radical (unpaired) electrons. The topological polar surface area (TPSA) is 44.0 Å². The molecular formula is C8H9NO2. The smallest absolute Gasteiger partial charge is 0.172 e. The van der Waals surface area contributed by atoms with Crippen LogP contribution >= 0.6 is 0 Å². The molecule has 1 heterocycles. The normalized spacial score (nSPS) is 9.55. The van der Waals surface area contributed by atoms with Gasteiger partial charge >= 0.3 is 0 Å². The van der Waals surface area contributed by atoms with Crippen LogP contribution in [0.1, 0.15) is 5.56 Å². The molecule has 58 valence electrons. The average Bonchev–Trinajstić information content (AvgIpc) is 1.85. The first-order chi connectivity index (χ1) is 5.18. The van der Waals surface area contributed by atoms with Gasteiger partial charge in [0.15, 0.2) is 12.4 Å². The van der Waals surface area contributed by atoms with Gasteiger partial charge in [-0.3, -0.25) is 0 Å². The van der Waals surface area contributed by atoms with Crippen LogP contribution in [0, 0.1) is 0 Å². The summed E-state index contributed by atoms with van der Waals surface area (Å²) in [6, 6.07) is 3.56. The minimum atomic E-state index is -1.05. The second kappa shape index (κ2) is 3.14. The van der Waals surface area contributed by atoms with Crippen molar-refractivity contribution in [3.05, 3.63) is 30.1 Å². The zero-order valence-electron chi connectivity index (χ0n) is 6.28. The molecule has 3 heteroatoms. The van der Waals surface area contributed by atoms with Gasteiger partial charge in [0.1, 0.15) is 7.05 Å². The SMILES string of the molecule is C[n+]1cccc(CC(=O)[O-])c1. The maximum atomic E-state index is 10.2. The van der Waals surface area contributed by atoms with E-state index in [4.69, 9.17) is 0 Å². The second-order valence-electron chi connectivity index (χ2n) is 2.43. The fourth-order valence-electron chi connectivity index (χ4n) is 0.921. The summed E-state index contributed by atoms with van der Waals surface area (Å²) in [5, 5.41) is 10.2.